The van der Waals surface area contributed by atoms with Gasteiger partial charge in [0.25, 0.3) is 0 Å². The molecule has 0 saturated heterocycles. The second-order valence-electron chi connectivity index (χ2n) is 19.3. The Hall–Kier alpha value is -7.04. The van der Waals surface area contributed by atoms with Gasteiger partial charge in [-0.2, -0.15) is 0 Å². The molecule has 11 rings (SSSR count). The minimum atomic E-state index is 0.0635. The first-order valence-electron chi connectivity index (χ1n) is 21.8. The molecule has 62 heavy (non-hydrogen) atoms. The first-order valence-corrected chi connectivity index (χ1v) is 21.8. The van der Waals surface area contributed by atoms with Crippen LogP contribution in [0.4, 0.5) is 34.1 Å². The monoisotopic (exact) mass is 805 g/mol. The van der Waals surface area contributed by atoms with Crippen LogP contribution in [0.25, 0.3) is 60.0 Å². The summed E-state index contributed by atoms with van der Waals surface area (Å²) < 4.78 is 9.40. The molecule has 0 aliphatic carbocycles. The number of furan rings is 1. The van der Waals surface area contributed by atoms with E-state index in [0.717, 1.165) is 61.6 Å². The molecule has 0 amide bonds. The molecule has 0 N–H and O–H groups in total. The number of anilines is 6. The van der Waals surface area contributed by atoms with E-state index in [0.29, 0.717) is 0 Å². The Morgan fingerprint density at radius 1 is 0.419 bits per heavy atom. The van der Waals surface area contributed by atoms with Crippen molar-refractivity contribution in [3.8, 4) is 0 Å². The lowest BCUT2D eigenvalue weighted by Crippen LogP contribution is -2.13. The molecule has 0 aliphatic rings. The Bertz CT molecular complexity index is 3500. The van der Waals surface area contributed by atoms with Gasteiger partial charge in [-0.3, -0.25) is 0 Å². The van der Waals surface area contributed by atoms with Crippen molar-refractivity contribution in [1.82, 2.24) is 4.40 Å². The van der Waals surface area contributed by atoms with Gasteiger partial charge in [-0.15, -0.1) is 0 Å². The van der Waals surface area contributed by atoms with Gasteiger partial charge in [-0.05, 0) is 149 Å². The van der Waals surface area contributed by atoms with Crippen molar-refractivity contribution in [3.63, 3.8) is 0 Å². The fraction of sp³-hybridized carbons (Fsp3) is 0.172. The molecule has 3 aromatic heterocycles. The highest BCUT2D eigenvalue weighted by atomic mass is 16.3. The molecule has 8 aromatic carbocycles. The zero-order valence-electron chi connectivity index (χ0n) is 36.8. The molecule has 0 aliphatic heterocycles. The van der Waals surface area contributed by atoms with E-state index in [4.69, 9.17) is 4.42 Å². The Morgan fingerprint density at radius 2 is 0.935 bits per heavy atom. The number of para-hydroxylation sites is 1. The summed E-state index contributed by atoms with van der Waals surface area (Å²) in [4.78, 5) is 4.77. The van der Waals surface area contributed by atoms with Crippen LogP contribution in [0.3, 0.4) is 0 Å². The largest absolute Gasteiger partial charge is 0.454 e. The molecule has 0 fully saturated rings. The van der Waals surface area contributed by atoms with Gasteiger partial charge in [0.05, 0.1) is 11.0 Å². The van der Waals surface area contributed by atoms with Crippen LogP contribution in [-0.2, 0) is 10.8 Å². The Labute approximate surface area is 363 Å². The zero-order chi connectivity index (χ0) is 42.7. The van der Waals surface area contributed by atoms with Gasteiger partial charge < -0.3 is 18.6 Å². The summed E-state index contributed by atoms with van der Waals surface area (Å²) in [5.74, 6) is 0. The molecule has 3 heterocycles. The summed E-state index contributed by atoms with van der Waals surface area (Å²) in [5.41, 5.74) is 17.2. The van der Waals surface area contributed by atoms with Crippen LogP contribution in [0.2, 0.25) is 0 Å². The molecule has 304 valence electrons. The van der Waals surface area contributed by atoms with E-state index in [-0.39, 0.29) is 10.8 Å². The number of aromatic nitrogens is 1. The third-order valence-corrected chi connectivity index (χ3v) is 12.9. The van der Waals surface area contributed by atoms with Gasteiger partial charge in [0.1, 0.15) is 11.1 Å². The lowest BCUT2D eigenvalue weighted by molar-refractivity contribution is 0.590. The standard InChI is InChI=1S/C58H51N3O/c1-36-13-11-15-43(31-36)59(41-25-20-39(21-26-41)57(3,4)5)45-24-19-38-33-50-54-53(48(38)34-45)47-17-9-10-18-51(47)61(54)55-49-35-46(29-30-52(49)62-56(50)55)60(44-16-12-14-37(2)32-44)42-27-22-40(23-28-42)58(6,7)8/h9-35H,1-8H3. The highest BCUT2D eigenvalue weighted by Gasteiger charge is 2.26. The van der Waals surface area contributed by atoms with Crippen LogP contribution in [0.15, 0.2) is 168 Å². The zero-order valence-corrected chi connectivity index (χ0v) is 36.8. The topological polar surface area (TPSA) is 24.0 Å². The van der Waals surface area contributed by atoms with Crippen LogP contribution in [0.1, 0.15) is 63.8 Å². The van der Waals surface area contributed by atoms with Gasteiger partial charge in [-0.1, -0.05) is 114 Å². The van der Waals surface area contributed by atoms with E-state index in [1.165, 1.54) is 54.8 Å². The minimum Gasteiger partial charge on any atom is -0.454 e. The average Bonchev–Trinajstić information content (AvgIpc) is 3.89. The average molecular weight is 806 g/mol. The number of nitrogens with zero attached hydrogens (tertiary/aromatic N) is 3. The van der Waals surface area contributed by atoms with Crippen molar-refractivity contribution in [2.45, 2.75) is 66.2 Å². The molecule has 4 heteroatoms. The minimum absolute atomic E-state index is 0.0635. The van der Waals surface area contributed by atoms with Crippen LogP contribution in [-0.4, -0.2) is 4.40 Å². The number of hydrogen-bond acceptors (Lipinski definition) is 3. The summed E-state index contributed by atoms with van der Waals surface area (Å²) in [6.45, 7) is 17.9. The number of benzene rings is 8. The maximum Gasteiger partial charge on any atom is 0.161 e. The van der Waals surface area contributed by atoms with Crippen LogP contribution < -0.4 is 9.80 Å². The normalized spacial score (nSPS) is 12.5. The van der Waals surface area contributed by atoms with E-state index in [2.05, 4.69) is 233 Å². The van der Waals surface area contributed by atoms with Gasteiger partial charge in [0.15, 0.2) is 5.58 Å². The van der Waals surface area contributed by atoms with Gasteiger partial charge >= 0.3 is 0 Å². The summed E-state index contributed by atoms with van der Waals surface area (Å²) in [6, 6.07) is 60.6. The first kappa shape index (κ1) is 37.9. The highest BCUT2D eigenvalue weighted by Crippen LogP contribution is 2.48. The molecule has 0 atom stereocenters. The van der Waals surface area contributed by atoms with Gasteiger partial charge in [0, 0.05) is 55.7 Å². The van der Waals surface area contributed by atoms with Crippen LogP contribution >= 0.6 is 0 Å². The molecule has 0 radical (unpaired) electrons. The van der Waals surface area contributed by atoms with E-state index < -0.39 is 0 Å². The lowest BCUT2D eigenvalue weighted by Gasteiger charge is -2.27. The molecule has 0 spiro atoms. The molecule has 4 nitrogen and oxygen atoms in total. The second kappa shape index (κ2) is 13.7. The predicted molar refractivity (Wildman–Crippen MR) is 265 cm³/mol. The first-order chi connectivity index (χ1) is 29.8. The summed E-state index contributed by atoms with van der Waals surface area (Å²) in [7, 11) is 0. The fourth-order valence-corrected chi connectivity index (χ4v) is 9.69. The van der Waals surface area contributed by atoms with E-state index in [1.807, 2.05) is 0 Å². The van der Waals surface area contributed by atoms with Gasteiger partial charge in [-0.25, -0.2) is 0 Å². The highest BCUT2D eigenvalue weighted by molar-refractivity contribution is 6.33. The SMILES string of the molecule is Cc1cccc(N(c2ccc(C(C)(C)C)cc2)c2ccc3cc4c5oc6ccc(N(c7ccc(C(C)(C)C)cc7)c7cccc(C)c7)cc6c5n5c6ccccc6c(c3c2)c45)c1. The number of rotatable bonds is 6. The Kier molecular flexibility index (Phi) is 8.40. The Balaban J connectivity index is 1.14. The molecular weight excluding hydrogens is 755 g/mol. The van der Waals surface area contributed by atoms with Crippen molar-refractivity contribution in [2.75, 3.05) is 9.80 Å². The number of fused-ring (bicyclic) bond motifs is 10. The van der Waals surface area contributed by atoms with Crippen molar-refractivity contribution < 1.29 is 4.42 Å². The maximum absolute atomic E-state index is 6.93. The van der Waals surface area contributed by atoms with E-state index >= 15 is 0 Å². The van der Waals surface area contributed by atoms with Crippen LogP contribution in [0.5, 0.6) is 0 Å². The van der Waals surface area contributed by atoms with Crippen molar-refractivity contribution in [3.05, 3.63) is 186 Å². The smallest absolute Gasteiger partial charge is 0.161 e. The summed E-state index contributed by atoms with van der Waals surface area (Å²) in [5, 5.41) is 7.11. The fourth-order valence-electron chi connectivity index (χ4n) is 9.69. The van der Waals surface area contributed by atoms with Crippen molar-refractivity contribution in [1.29, 1.82) is 0 Å². The number of aryl methyl sites for hydroxylation is 2. The summed E-state index contributed by atoms with van der Waals surface area (Å²) >= 11 is 0. The third kappa shape index (κ3) is 6.03. The second-order valence-corrected chi connectivity index (χ2v) is 19.3. The van der Waals surface area contributed by atoms with Crippen molar-refractivity contribution in [2.24, 2.45) is 0 Å². The molecule has 0 bridgehead atoms. The lowest BCUT2D eigenvalue weighted by atomic mass is 9.87. The van der Waals surface area contributed by atoms with E-state index in [9.17, 15) is 0 Å². The molecular formula is C58H51N3O. The molecule has 0 saturated carbocycles. The van der Waals surface area contributed by atoms with Crippen molar-refractivity contribution >= 4 is 94.2 Å². The Morgan fingerprint density at radius 3 is 1.50 bits per heavy atom. The van der Waals surface area contributed by atoms with Crippen LogP contribution in [0, 0.1) is 13.8 Å². The third-order valence-electron chi connectivity index (χ3n) is 12.9. The molecule has 0 unspecified atom stereocenters. The van der Waals surface area contributed by atoms with E-state index in [1.54, 1.807) is 0 Å². The summed E-state index contributed by atoms with van der Waals surface area (Å²) in [6.07, 6.45) is 0. The quantitative estimate of drug-likeness (QED) is 0.167. The number of hydrogen-bond donors (Lipinski definition) is 0. The predicted octanol–water partition coefficient (Wildman–Crippen LogP) is 16.9. The van der Waals surface area contributed by atoms with Gasteiger partial charge in [0.2, 0.25) is 0 Å². The maximum atomic E-state index is 6.93. The molecule has 11 aromatic rings.